The Kier molecular flexibility index (Phi) is 1.83. The monoisotopic (exact) mass is 176 g/mol. The number of carbonyl (C=O) groups excluding carboxylic acids is 1. The molecule has 0 radical (unpaired) electrons. The summed E-state index contributed by atoms with van der Waals surface area (Å²) in [4.78, 5) is 10.5. The molecule has 1 aromatic carbocycles. The van der Waals surface area contributed by atoms with E-state index in [1.165, 1.54) is 12.0 Å². The van der Waals surface area contributed by atoms with Gasteiger partial charge in [0.05, 0.1) is 5.56 Å². The Balaban J connectivity index is 2.33. The third-order valence-electron chi connectivity index (χ3n) is 2.72. The van der Waals surface area contributed by atoms with Gasteiger partial charge in [0.15, 0.2) is 6.29 Å². The molecule has 1 N–H and O–H groups in total. The van der Waals surface area contributed by atoms with Crippen LogP contribution in [0.3, 0.4) is 0 Å². The second-order valence-electron chi connectivity index (χ2n) is 3.76. The normalized spacial score (nSPS) is 25.6. The minimum Gasteiger partial charge on any atom is -0.507 e. The third kappa shape index (κ3) is 1.44. The van der Waals surface area contributed by atoms with Crippen LogP contribution in [-0.2, 0) is 0 Å². The van der Waals surface area contributed by atoms with Crippen LogP contribution in [0.5, 0.6) is 5.75 Å². The van der Waals surface area contributed by atoms with E-state index in [1.807, 2.05) is 6.07 Å². The van der Waals surface area contributed by atoms with Gasteiger partial charge < -0.3 is 5.11 Å². The first kappa shape index (κ1) is 8.30. The quantitative estimate of drug-likeness (QED) is 0.702. The average Bonchev–Trinajstić information content (AvgIpc) is 2.84. The van der Waals surface area contributed by atoms with Crippen molar-refractivity contribution in [3.05, 3.63) is 29.3 Å². The summed E-state index contributed by atoms with van der Waals surface area (Å²) < 4.78 is 0. The molecule has 1 aliphatic carbocycles. The molecular formula is C11H12O2. The van der Waals surface area contributed by atoms with Crippen molar-refractivity contribution in [3.8, 4) is 5.75 Å². The highest BCUT2D eigenvalue weighted by molar-refractivity contribution is 5.79. The van der Waals surface area contributed by atoms with Gasteiger partial charge in [-0.1, -0.05) is 13.0 Å². The van der Waals surface area contributed by atoms with Crippen LogP contribution in [0.4, 0.5) is 0 Å². The molecular weight excluding hydrogens is 164 g/mol. The molecule has 2 nitrogen and oxygen atoms in total. The van der Waals surface area contributed by atoms with E-state index in [2.05, 4.69) is 6.92 Å². The fourth-order valence-electron chi connectivity index (χ4n) is 1.68. The van der Waals surface area contributed by atoms with E-state index in [0.717, 1.165) is 5.92 Å². The third-order valence-corrected chi connectivity index (χ3v) is 2.72. The lowest BCUT2D eigenvalue weighted by Crippen LogP contribution is -1.86. The Morgan fingerprint density at radius 2 is 2.23 bits per heavy atom. The lowest BCUT2D eigenvalue weighted by molar-refractivity contribution is 0.112. The molecule has 0 amide bonds. The number of aldehydes is 1. The largest absolute Gasteiger partial charge is 0.507 e. The van der Waals surface area contributed by atoms with Crippen LogP contribution in [0, 0.1) is 5.92 Å². The van der Waals surface area contributed by atoms with E-state index < -0.39 is 0 Å². The summed E-state index contributed by atoms with van der Waals surface area (Å²) in [6.45, 7) is 2.19. The molecule has 1 aliphatic rings. The maximum absolute atomic E-state index is 10.5. The van der Waals surface area contributed by atoms with Gasteiger partial charge in [-0.05, 0) is 36.0 Å². The molecule has 1 aromatic rings. The topological polar surface area (TPSA) is 37.3 Å². The van der Waals surface area contributed by atoms with Crippen molar-refractivity contribution in [1.82, 2.24) is 0 Å². The number of hydrogen-bond donors (Lipinski definition) is 1. The molecule has 0 saturated heterocycles. The number of phenolic OH excluding ortho intramolecular Hbond substituents is 1. The van der Waals surface area contributed by atoms with E-state index in [0.29, 0.717) is 17.8 Å². The molecule has 1 unspecified atom stereocenters. The van der Waals surface area contributed by atoms with Crippen LogP contribution >= 0.6 is 0 Å². The van der Waals surface area contributed by atoms with Crippen molar-refractivity contribution in [2.24, 2.45) is 5.92 Å². The molecule has 0 bridgehead atoms. The van der Waals surface area contributed by atoms with E-state index in [4.69, 9.17) is 0 Å². The Bertz CT molecular complexity index is 344. The first-order chi connectivity index (χ1) is 6.22. The molecule has 0 aromatic heterocycles. The molecule has 0 aliphatic heterocycles. The van der Waals surface area contributed by atoms with Crippen LogP contribution in [0.15, 0.2) is 18.2 Å². The van der Waals surface area contributed by atoms with Gasteiger partial charge in [-0.3, -0.25) is 4.79 Å². The number of benzene rings is 1. The molecule has 0 heterocycles. The smallest absolute Gasteiger partial charge is 0.153 e. The average molecular weight is 176 g/mol. The van der Waals surface area contributed by atoms with Gasteiger partial charge in [0.25, 0.3) is 0 Å². The zero-order chi connectivity index (χ0) is 9.42. The first-order valence-electron chi connectivity index (χ1n) is 4.50. The maximum atomic E-state index is 10.5. The van der Waals surface area contributed by atoms with Gasteiger partial charge in [-0.15, -0.1) is 0 Å². The molecule has 1 saturated carbocycles. The summed E-state index contributed by atoms with van der Waals surface area (Å²) in [5.41, 5.74) is 1.57. The number of aromatic hydroxyl groups is 1. The van der Waals surface area contributed by atoms with Crippen molar-refractivity contribution in [3.63, 3.8) is 0 Å². The second kappa shape index (κ2) is 2.87. The Labute approximate surface area is 77.2 Å². The van der Waals surface area contributed by atoms with Crippen molar-refractivity contribution >= 4 is 6.29 Å². The Morgan fingerprint density at radius 3 is 2.77 bits per heavy atom. The Hall–Kier alpha value is -1.31. The summed E-state index contributed by atoms with van der Waals surface area (Å²) in [7, 11) is 0. The highest BCUT2D eigenvalue weighted by Gasteiger charge is 2.34. The molecule has 13 heavy (non-hydrogen) atoms. The molecule has 1 fully saturated rings. The molecule has 2 rings (SSSR count). The number of hydrogen-bond acceptors (Lipinski definition) is 2. The van der Waals surface area contributed by atoms with Gasteiger partial charge in [-0.25, -0.2) is 0 Å². The fourth-order valence-corrected chi connectivity index (χ4v) is 1.68. The van der Waals surface area contributed by atoms with Crippen LogP contribution in [0.2, 0.25) is 0 Å². The summed E-state index contributed by atoms with van der Waals surface area (Å²) in [6, 6.07) is 5.29. The number of rotatable bonds is 2. The van der Waals surface area contributed by atoms with Gasteiger partial charge >= 0.3 is 0 Å². The fraction of sp³-hybridized carbons (Fsp3) is 0.364. The first-order valence-corrected chi connectivity index (χ1v) is 4.50. The zero-order valence-corrected chi connectivity index (χ0v) is 7.53. The van der Waals surface area contributed by atoms with Gasteiger partial charge in [0.1, 0.15) is 5.75 Å². The standard InChI is InChI=1S/C11H12O2/c1-7-4-10(7)8-2-3-11(13)9(5-8)6-12/h2-3,5-7,10,13H,4H2,1H3/t7?,10-/m0/s1. The summed E-state index contributed by atoms with van der Waals surface area (Å²) in [5, 5.41) is 9.27. The second-order valence-corrected chi connectivity index (χ2v) is 3.76. The Morgan fingerprint density at radius 1 is 1.54 bits per heavy atom. The molecule has 2 heteroatoms. The van der Waals surface area contributed by atoms with E-state index in [-0.39, 0.29) is 5.75 Å². The lowest BCUT2D eigenvalue weighted by atomic mass is 10.1. The van der Waals surface area contributed by atoms with Crippen LogP contribution in [0.25, 0.3) is 0 Å². The van der Waals surface area contributed by atoms with E-state index in [1.54, 1.807) is 12.1 Å². The van der Waals surface area contributed by atoms with E-state index in [9.17, 15) is 9.90 Å². The molecule has 68 valence electrons. The molecule has 2 atom stereocenters. The number of carbonyl (C=O) groups is 1. The highest BCUT2D eigenvalue weighted by atomic mass is 16.3. The van der Waals surface area contributed by atoms with Gasteiger partial charge in [0, 0.05) is 0 Å². The van der Waals surface area contributed by atoms with Crippen molar-refractivity contribution < 1.29 is 9.90 Å². The summed E-state index contributed by atoms with van der Waals surface area (Å²) in [5.74, 6) is 1.40. The predicted octanol–water partition coefficient (Wildman–Crippen LogP) is 2.33. The van der Waals surface area contributed by atoms with Gasteiger partial charge in [-0.2, -0.15) is 0 Å². The van der Waals surface area contributed by atoms with E-state index >= 15 is 0 Å². The predicted molar refractivity (Wildman–Crippen MR) is 50.0 cm³/mol. The summed E-state index contributed by atoms with van der Waals surface area (Å²) in [6.07, 6.45) is 1.90. The highest BCUT2D eigenvalue weighted by Crippen LogP contribution is 2.47. The van der Waals surface area contributed by atoms with Crippen molar-refractivity contribution in [2.75, 3.05) is 0 Å². The summed E-state index contributed by atoms with van der Waals surface area (Å²) >= 11 is 0. The lowest BCUT2D eigenvalue weighted by Gasteiger charge is -2.01. The van der Waals surface area contributed by atoms with Crippen LogP contribution < -0.4 is 0 Å². The van der Waals surface area contributed by atoms with Gasteiger partial charge in [0.2, 0.25) is 0 Å². The minimum absolute atomic E-state index is 0.0760. The SMILES string of the molecule is CC1C[C@@H]1c1ccc(O)c(C=O)c1. The van der Waals surface area contributed by atoms with Crippen LogP contribution in [-0.4, -0.2) is 11.4 Å². The van der Waals surface area contributed by atoms with Crippen molar-refractivity contribution in [1.29, 1.82) is 0 Å². The minimum atomic E-state index is 0.0760. The number of phenols is 1. The van der Waals surface area contributed by atoms with Crippen molar-refractivity contribution in [2.45, 2.75) is 19.3 Å². The van der Waals surface area contributed by atoms with Crippen LogP contribution in [0.1, 0.15) is 35.2 Å². The molecule has 0 spiro atoms. The zero-order valence-electron chi connectivity index (χ0n) is 7.53. The maximum Gasteiger partial charge on any atom is 0.153 e.